The molecule has 0 atom stereocenters. The van der Waals surface area contributed by atoms with Crippen LogP contribution in [0.2, 0.25) is 0 Å². The molecule has 0 spiro atoms. The zero-order valence-corrected chi connectivity index (χ0v) is 21.2. The lowest BCUT2D eigenvalue weighted by molar-refractivity contribution is -0.115. The smallest absolute Gasteiger partial charge is 0.290 e. The lowest BCUT2D eigenvalue weighted by Gasteiger charge is -2.57. The van der Waals surface area contributed by atoms with Crippen molar-refractivity contribution in [3.63, 3.8) is 0 Å². The van der Waals surface area contributed by atoms with Gasteiger partial charge in [-0.2, -0.15) is 0 Å². The van der Waals surface area contributed by atoms with Gasteiger partial charge < -0.3 is 9.47 Å². The third-order valence-corrected chi connectivity index (χ3v) is 10.0. The Bertz CT molecular complexity index is 1500. The molecule has 3 aromatic carbocycles. The van der Waals surface area contributed by atoms with Crippen LogP contribution in [0.25, 0.3) is 28.0 Å². The summed E-state index contributed by atoms with van der Waals surface area (Å²) in [5.41, 5.74) is 4.86. The quantitative estimate of drug-likeness (QED) is 0.384. The molecule has 37 heavy (non-hydrogen) atoms. The highest BCUT2D eigenvalue weighted by atomic mass is 32.2. The van der Waals surface area contributed by atoms with Crippen molar-refractivity contribution >= 4 is 39.8 Å². The molecule has 4 aliphatic carbocycles. The number of nitrogens with one attached hydrogen (secondary N) is 1. The van der Waals surface area contributed by atoms with Gasteiger partial charge in [0.25, 0.3) is 11.1 Å². The highest BCUT2D eigenvalue weighted by Gasteiger charge is 2.53. The summed E-state index contributed by atoms with van der Waals surface area (Å²) in [4.78, 5) is 23.8. The fourth-order valence-electron chi connectivity index (χ4n) is 8.12. The minimum Gasteiger partial charge on any atom is -0.454 e. The van der Waals surface area contributed by atoms with Gasteiger partial charge in [0.15, 0.2) is 11.5 Å². The van der Waals surface area contributed by atoms with Crippen LogP contribution in [-0.2, 0) is 10.2 Å². The first-order valence-corrected chi connectivity index (χ1v) is 14.1. The minimum absolute atomic E-state index is 0.230. The van der Waals surface area contributed by atoms with E-state index >= 15 is 0 Å². The van der Waals surface area contributed by atoms with Gasteiger partial charge in [-0.3, -0.25) is 14.9 Å². The van der Waals surface area contributed by atoms with Crippen LogP contribution >= 0.6 is 11.8 Å². The molecule has 4 bridgehead atoms. The molecule has 2 heterocycles. The van der Waals surface area contributed by atoms with Crippen LogP contribution in [0.3, 0.4) is 0 Å². The SMILES string of the molecule is O=C1NC(=O)C(=Cc2ccc3cc(-c4cc5c(c(C67CC8CC(CC(C8)C6)C7)c4)OCO5)ccc3c2)S1. The maximum absolute atomic E-state index is 11.9. The number of benzene rings is 3. The molecule has 3 aromatic rings. The number of ether oxygens (including phenoxy) is 2. The maximum Gasteiger partial charge on any atom is 0.290 e. The second-order valence-corrected chi connectivity index (χ2v) is 12.6. The number of amides is 2. The summed E-state index contributed by atoms with van der Waals surface area (Å²) in [6.45, 7) is 0.302. The van der Waals surface area contributed by atoms with E-state index in [9.17, 15) is 9.59 Å². The van der Waals surface area contributed by atoms with Crippen LogP contribution in [0.1, 0.15) is 49.7 Å². The number of hydrogen-bond donors (Lipinski definition) is 1. The Morgan fingerprint density at radius 1 is 0.838 bits per heavy atom. The summed E-state index contributed by atoms with van der Waals surface area (Å²) in [5.74, 6) is 4.13. The van der Waals surface area contributed by atoms with E-state index in [0.29, 0.717) is 11.7 Å². The third kappa shape index (κ3) is 3.52. The molecular formula is C31H27NO4S. The Kier molecular flexibility index (Phi) is 4.64. The van der Waals surface area contributed by atoms with E-state index in [1.807, 2.05) is 6.07 Å². The van der Waals surface area contributed by atoms with Crippen molar-refractivity contribution in [2.24, 2.45) is 17.8 Å². The molecule has 186 valence electrons. The van der Waals surface area contributed by atoms with Gasteiger partial charge in [0, 0.05) is 5.56 Å². The molecule has 2 amide bonds. The van der Waals surface area contributed by atoms with Crippen molar-refractivity contribution in [3.8, 4) is 22.6 Å². The van der Waals surface area contributed by atoms with Gasteiger partial charge >= 0.3 is 0 Å². The van der Waals surface area contributed by atoms with Crippen LogP contribution in [0.5, 0.6) is 11.5 Å². The van der Waals surface area contributed by atoms with E-state index in [0.717, 1.165) is 57.4 Å². The number of thioether (sulfide) groups is 1. The van der Waals surface area contributed by atoms with E-state index in [1.54, 1.807) is 6.08 Å². The summed E-state index contributed by atoms with van der Waals surface area (Å²) in [6, 6.07) is 17.2. The topological polar surface area (TPSA) is 64.6 Å². The molecule has 9 rings (SSSR count). The maximum atomic E-state index is 11.9. The first-order chi connectivity index (χ1) is 18.0. The molecule has 1 saturated heterocycles. The average Bonchev–Trinajstić information content (AvgIpc) is 3.47. The van der Waals surface area contributed by atoms with Crippen molar-refractivity contribution in [2.75, 3.05) is 6.79 Å². The van der Waals surface area contributed by atoms with Crippen molar-refractivity contribution in [1.29, 1.82) is 0 Å². The van der Waals surface area contributed by atoms with E-state index in [-0.39, 0.29) is 16.6 Å². The molecule has 6 heteroatoms. The predicted molar refractivity (Wildman–Crippen MR) is 144 cm³/mol. The summed E-state index contributed by atoms with van der Waals surface area (Å²) in [6.07, 6.45) is 9.89. The second-order valence-electron chi connectivity index (χ2n) is 11.6. The second kappa shape index (κ2) is 7.87. The predicted octanol–water partition coefficient (Wildman–Crippen LogP) is 7.03. The number of carbonyl (C=O) groups excluding carboxylic acids is 2. The molecule has 6 aliphatic rings. The number of rotatable bonds is 3. The molecule has 5 nitrogen and oxygen atoms in total. The number of hydrogen-bond acceptors (Lipinski definition) is 5. The normalized spacial score (nSPS) is 30.5. The molecule has 0 radical (unpaired) electrons. The van der Waals surface area contributed by atoms with Gasteiger partial charge in [-0.05, 0) is 131 Å². The molecule has 4 saturated carbocycles. The summed E-state index contributed by atoms with van der Waals surface area (Å²) in [7, 11) is 0. The molecule has 0 unspecified atom stereocenters. The van der Waals surface area contributed by atoms with Crippen LogP contribution < -0.4 is 14.8 Å². The van der Waals surface area contributed by atoms with Gasteiger partial charge in [-0.15, -0.1) is 0 Å². The zero-order chi connectivity index (χ0) is 24.7. The summed E-state index contributed by atoms with van der Waals surface area (Å²) < 4.78 is 12.0. The van der Waals surface area contributed by atoms with Crippen LogP contribution in [0.15, 0.2) is 53.4 Å². The molecule has 1 N–H and O–H groups in total. The fraction of sp³-hybridized carbons (Fsp3) is 0.355. The first kappa shape index (κ1) is 21.8. The van der Waals surface area contributed by atoms with Gasteiger partial charge in [0.2, 0.25) is 6.79 Å². The Hall–Kier alpha value is -3.25. The summed E-state index contributed by atoms with van der Waals surface area (Å²) >= 11 is 0.944. The van der Waals surface area contributed by atoms with Crippen molar-refractivity contribution < 1.29 is 19.1 Å². The highest BCUT2D eigenvalue weighted by molar-refractivity contribution is 8.18. The van der Waals surface area contributed by atoms with E-state index in [4.69, 9.17) is 9.47 Å². The minimum atomic E-state index is -0.330. The summed E-state index contributed by atoms with van der Waals surface area (Å²) in [5, 5.41) is 4.22. The van der Waals surface area contributed by atoms with Crippen molar-refractivity contribution in [1.82, 2.24) is 5.32 Å². The van der Waals surface area contributed by atoms with E-state index in [2.05, 4.69) is 47.8 Å². The standard InChI is InChI=1S/C31H27NO4S/c33-29-27(37-30(34)32-29)9-17-1-2-22-10-23(4-3-21(22)8-17)24-11-25(28-26(12-24)35-16-36-28)31-13-18-5-19(14-31)7-20(6-18)15-31/h1-4,8-12,18-20H,5-7,13-16H2,(H,32,33,34). The molecule has 0 aromatic heterocycles. The fourth-order valence-corrected chi connectivity index (χ4v) is 8.80. The number of imide groups is 1. The van der Waals surface area contributed by atoms with Gasteiger partial charge in [0.1, 0.15) is 0 Å². The molecule has 5 fully saturated rings. The van der Waals surface area contributed by atoms with Crippen LogP contribution in [0, 0.1) is 17.8 Å². The lowest BCUT2D eigenvalue weighted by Crippen LogP contribution is -2.48. The highest BCUT2D eigenvalue weighted by Crippen LogP contribution is 2.63. The van der Waals surface area contributed by atoms with E-state index < -0.39 is 0 Å². The third-order valence-electron chi connectivity index (χ3n) is 9.22. The van der Waals surface area contributed by atoms with Gasteiger partial charge in [0.05, 0.1) is 4.91 Å². The van der Waals surface area contributed by atoms with Crippen LogP contribution in [-0.4, -0.2) is 17.9 Å². The van der Waals surface area contributed by atoms with Crippen molar-refractivity contribution in [3.05, 3.63) is 64.6 Å². The van der Waals surface area contributed by atoms with Gasteiger partial charge in [-0.1, -0.05) is 24.3 Å². The van der Waals surface area contributed by atoms with Crippen LogP contribution in [0.4, 0.5) is 4.79 Å². The average molecular weight is 510 g/mol. The largest absolute Gasteiger partial charge is 0.454 e. The first-order valence-electron chi connectivity index (χ1n) is 13.2. The van der Waals surface area contributed by atoms with Gasteiger partial charge in [-0.25, -0.2) is 0 Å². The number of fused-ring (bicyclic) bond motifs is 2. The number of carbonyl (C=O) groups is 2. The Morgan fingerprint density at radius 2 is 1.57 bits per heavy atom. The Labute approximate surface area is 219 Å². The van der Waals surface area contributed by atoms with Crippen molar-refractivity contribution in [2.45, 2.75) is 43.9 Å². The zero-order valence-electron chi connectivity index (χ0n) is 20.4. The molecular weight excluding hydrogens is 482 g/mol. The lowest BCUT2D eigenvalue weighted by atomic mass is 9.48. The Morgan fingerprint density at radius 3 is 2.30 bits per heavy atom. The Balaban J connectivity index is 1.18. The monoisotopic (exact) mass is 509 g/mol. The van der Waals surface area contributed by atoms with E-state index in [1.165, 1.54) is 55.2 Å². The molecule has 2 aliphatic heterocycles.